The number of hydrogen-bond donors (Lipinski definition) is 1. The predicted molar refractivity (Wildman–Crippen MR) is 92.7 cm³/mol. The third-order valence-corrected chi connectivity index (χ3v) is 3.81. The molecule has 2 rings (SSSR count). The third kappa shape index (κ3) is 4.23. The van der Waals surface area contributed by atoms with E-state index in [4.69, 9.17) is 11.6 Å². The van der Waals surface area contributed by atoms with Crippen molar-refractivity contribution >= 4 is 23.0 Å². The van der Waals surface area contributed by atoms with Gasteiger partial charge in [0.25, 0.3) is 0 Å². The summed E-state index contributed by atoms with van der Waals surface area (Å²) in [6.45, 7) is 7.21. The summed E-state index contributed by atoms with van der Waals surface area (Å²) in [5.74, 6) is 0. The average Bonchev–Trinajstić information content (AvgIpc) is 2.45. The van der Waals surface area contributed by atoms with Crippen LogP contribution in [0.25, 0.3) is 0 Å². The van der Waals surface area contributed by atoms with Crippen LogP contribution in [-0.2, 0) is 6.54 Å². The third-order valence-electron chi connectivity index (χ3n) is 3.51. The summed E-state index contributed by atoms with van der Waals surface area (Å²) < 4.78 is 0. The second-order valence-corrected chi connectivity index (χ2v) is 6.12. The monoisotopic (exact) mass is 302 g/mol. The summed E-state index contributed by atoms with van der Waals surface area (Å²) in [6, 6.07) is 15.2. The Kier molecular flexibility index (Phi) is 5.27. The molecule has 0 saturated heterocycles. The van der Waals surface area contributed by atoms with Crippen molar-refractivity contribution in [2.24, 2.45) is 0 Å². The lowest BCUT2D eigenvalue weighted by molar-refractivity contribution is 0.589. The first kappa shape index (κ1) is 15.9. The largest absolute Gasteiger partial charge is 0.343 e. The zero-order valence-electron chi connectivity index (χ0n) is 13.2. The second kappa shape index (κ2) is 6.97. The Bertz CT molecular complexity index is 591. The van der Waals surface area contributed by atoms with Crippen molar-refractivity contribution < 1.29 is 0 Å². The minimum Gasteiger partial charge on any atom is -0.343 e. The zero-order valence-corrected chi connectivity index (χ0v) is 13.9. The van der Waals surface area contributed by atoms with Crippen LogP contribution in [-0.4, -0.2) is 13.1 Å². The molecule has 0 unspecified atom stereocenters. The Morgan fingerprint density at radius 3 is 2.33 bits per heavy atom. The van der Waals surface area contributed by atoms with Gasteiger partial charge in [-0.05, 0) is 36.8 Å². The van der Waals surface area contributed by atoms with Crippen molar-refractivity contribution in [3.8, 4) is 0 Å². The van der Waals surface area contributed by atoms with E-state index in [1.54, 1.807) is 0 Å². The number of halogens is 1. The van der Waals surface area contributed by atoms with E-state index in [0.29, 0.717) is 6.04 Å². The van der Waals surface area contributed by atoms with Crippen LogP contribution in [0, 0.1) is 6.92 Å². The quantitative estimate of drug-likeness (QED) is 0.844. The lowest BCUT2D eigenvalue weighted by Gasteiger charge is -2.21. The van der Waals surface area contributed by atoms with Gasteiger partial charge in [-0.3, -0.25) is 0 Å². The van der Waals surface area contributed by atoms with Gasteiger partial charge < -0.3 is 10.2 Å². The molecule has 2 nitrogen and oxygen atoms in total. The van der Waals surface area contributed by atoms with Crippen LogP contribution in [0.15, 0.2) is 42.5 Å². The van der Waals surface area contributed by atoms with E-state index >= 15 is 0 Å². The average molecular weight is 303 g/mol. The molecule has 0 radical (unpaired) electrons. The molecule has 0 atom stereocenters. The van der Waals surface area contributed by atoms with Gasteiger partial charge >= 0.3 is 0 Å². The Balaban J connectivity index is 2.18. The van der Waals surface area contributed by atoms with Crippen LogP contribution < -0.4 is 10.2 Å². The Morgan fingerprint density at radius 2 is 1.76 bits per heavy atom. The fraction of sp³-hybridized carbons (Fsp3) is 0.333. The summed E-state index contributed by atoms with van der Waals surface area (Å²) in [4.78, 5) is 2.11. The summed E-state index contributed by atoms with van der Waals surface area (Å²) in [5.41, 5.74) is 4.62. The van der Waals surface area contributed by atoms with Gasteiger partial charge in [-0.25, -0.2) is 0 Å². The molecule has 0 bridgehead atoms. The summed E-state index contributed by atoms with van der Waals surface area (Å²) in [6.07, 6.45) is 0. The fourth-order valence-electron chi connectivity index (χ4n) is 2.16. The van der Waals surface area contributed by atoms with E-state index in [1.165, 1.54) is 11.1 Å². The maximum Gasteiger partial charge on any atom is 0.0646 e. The van der Waals surface area contributed by atoms with Gasteiger partial charge in [-0.2, -0.15) is 0 Å². The summed E-state index contributed by atoms with van der Waals surface area (Å²) >= 11 is 6.45. The van der Waals surface area contributed by atoms with Gasteiger partial charge in [0.1, 0.15) is 0 Å². The molecule has 2 aromatic rings. The van der Waals surface area contributed by atoms with Crippen molar-refractivity contribution in [1.82, 2.24) is 5.32 Å². The molecule has 112 valence electrons. The van der Waals surface area contributed by atoms with Crippen molar-refractivity contribution in [3.05, 3.63) is 58.6 Å². The number of benzene rings is 2. The molecule has 0 spiro atoms. The lowest BCUT2D eigenvalue weighted by atomic mass is 10.1. The molecule has 0 aromatic heterocycles. The lowest BCUT2D eigenvalue weighted by Crippen LogP contribution is -2.21. The van der Waals surface area contributed by atoms with E-state index in [-0.39, 0.29) is 0 Å². The van der Waals surface area contributed by atoms with Gasteiger partial charge in [-0.15, -0.1) is 0 Å². The second-order valence-electron chi connectivity index (χ2n) is 5.72. The molecule has 3 heteroatoms. The highest BCUT2D eigenvalue weighted by Gasteiger charge is 2.09. The molecular formula is C18H23ClN2. The molecule has 1 N–H and O–H groups in total. The number of hydrogen-bond acceptors (Lipinski definition) is 2. The van der Waals surface area contributed by atoms with Gasteiger partial charge in [0.2, 0.25) is 0 Å². The maximum atomic E-state index is 6.45. The molecule has 0 saturated carbocycles. The Labute approximate surface area is 132 Å². The van der Waals surface area contributed by atoms with Gasteiger partial charge in [-0.1, -0.05) is 49.2 Å². The molecule has 0 aliphatic heterocycles. The Hall–Kier alpha value is -1.51. The van der Waals surface area contributed by atoms with Gasteiger partial charge in [0.05, 0.1) is 10.7 Å². The number of rotatable bonds is 5. The highest BCUT2D eigenvalue weighted by atomic mass is 35.5. The zero-order chi connectivity index (χ0) is 15.4. The predicted octanol–water partition coefficient (Wildman–Crippen LogP) is 4.91. The smallest absolute Gasteiger partial charge is 0.0646 e. The summed E-state index contributed by atoms with van der Waals surface area (Å²) in [5, 5.41) is 4.18. The Morgan fingerprint density at radius 1 is 1.10 bits per heavy atom. The van der Waals surface area contributed by atoms with Crippen LogP contribution in [0.3, 0.4) is 0 Å². The number of nitrogens with zero attached hydrogens (tertiary/aromatic N) is 1. The van der Waals surface area contributed by atoms with E-state index in [2.05, 4.69) is 67.4 Å². The summed E-state index contributed by atoms with van der Waals surface area (Å²) in [7, 11) is 2.04. The first-order chi connectivity index (χ1) is 9.97. The molecular weight excluding hydrogens is 280 g/mol. The highest BCUT2D eigenvalue weighted by Crippen LogP contribution is 2.31. The molecule has 21 heavy (non-hydrogen) atoms. The maximum absolute atomic E-state index is 6.45. The first-order valence-electron chi connectivity index (χ1n) is 7.29. The molecule has 0 aliphatic carbocycles. The van der Waals surface area contributed by atoms with Gasteiger partial charge in [0, 0.05) is 25.3 Å². The normalized spacial score (nSPS) is 11.0. The van der Waals surface area contributed by atoms with E-state index in [9.17, 15) is 0 Å². The standard InChI is InChI=1S/C18H23ClN2/c1-13(2)20-12-15-7-10-18(17(19)11-15)21(4)16-8-5-14(3)6-9-16/h5-11,13,20H,12H2,1-4H3. The van der Waals surface area contributed by atoms with Crippen LogP contribution in [0.1, 0.15) is 25.0 Å². The number of nitrogens with one attached hydrogen (secondary N) is 1. The molecule has 0 amide bonds. The highest BCUT2D eigenvalue weighted by molar-refractivity contribution is 6.33. The van der Waals surface area contributed by atoms with E-state index in [0.717, 1.165) is 22.9 Å². The fourth-order valence-corrected chi connectivity index (χ4v) is 2.49. The van der Waals surface area contributed by atoms with Crippen LogP contribution in [0.4, 0.5) is 11.4 Å². The van der Waals surface area contributed by atoms with Crippen molar-refractivity contribution in [1.29, 1.82) is 0 Å². The molecule has 0 heterocycles. The number of anilines is 2. The van der Waals surface area contributed by atoms with Crippen molar-refractivity contribution in [2.45, 2.75) is 33.4 Å². The van der Waals surface area contributed by atoms with Crippen LogP contribution in [0.5, 0.6) is 0 Å². The number of aryl methyl sites for hydroxylation is 1. The molecule has 0 fully saturated rings. The van der Waals surface area contributed by atoms with E-state index in [1.807, 2.05) is 13.1 Å². The van der Waals surface area contributed by atoms with Crippen molar-refractivity contribution in [2.75, 3.05) is 11.9 Å². The van der Waals surface area contributed by atoms with Crippen LogP contribution in [0.2, 0.25) is 5.02 Å². The SMILES string of the molecule is Cc1ccc(N(C)c2ccc(CNC(C)C)cc2Cl)cc1. The van der Waals surface area contributed by atoms with Gasteiger partial charge in [0.15, 0.2) is 0 Å². The minimum atomic E-state index is 0.471. The molecule has 0 aliphatic rings. The first-order valence-corrected chi connectivity index (χ1v) is 7.67. The van der Waals surface area contributed by atoms with Crippen LogP contribution >= 0.6 is 11.6 Å². The molecule has 2 aromatic carbocycles. The van der Waals surface area contributed by atoms with Crippen molar-refractivity contribution in [3.63, 3.8) is 0 Å². The van der Waals surface area contributed by atoms with E-state index < -0.39 is 0 Å². The topological polar surface area (TPSA) is 15.3 Å². The minimum absolute atomic E-state index is 0.471.